The van der Waals surface area contributed by atoms with Gasteiger partial charge in [0.05, 0.1) is 17.2 Å². The Bertz CT molecular complexity index is 1220. The molecule has 0 bridgehead atoms. The highest BCUT2D eigenvalue weighted by Crippen LogP contribution is 2.38. The van der Waals surface area contributed by atoms with E-state index < -0.39 is 23.6 Å². The maximum Gasteiger partial charge on any atom is 0.418 e. The Kier molecular flexibility index (Phi) is 7.20. The van der Waals surface area contributed by atoms with Crippen LogP contribution in [0.4, 0.5) is 24.8 Å². The quantitative estimate of drug-likeness (QED) is 0.384. The third-order valence-corrected chi connectivity index (χ3v) is 6.84. The first-order chi connectivity index (χ1) is 16.6. The Hall–Kier alpha value is -3.27. The first-order valence-corrected chi connectivity index (χ1v) is 12.0. The van der Waals surface area contributed by atoms with Gasteiger partial charge in [0.15, 0.2) is 0 Å². The molecular formula is C25H25F3N4O2S. The fraction of sp³-hybridized carbons (Fsp3) is 0.320. The number of anilines is 2. The van der Waals surface area contributed by atoms with Crippen molar-refractivity contribution in [2.45, 2.75) is 43.9 Å². The van der Waals surface area contributed by atoms with E-state index in [0.29, 0.717) is 34.9 Å². The number of carboxylic acids is 1. The molecule has 1 aliphatic rings. The van der Waals surface area contributed by atoms with Gasteiger partial charge in [-0.1, -0.05) is 30.3 Å². The van der Waals surface area contributed by atoms with Gasteiger partial charge in [-0.05, 0) is 56.5 Å². The van der Waals surface area contributed by atoms with E-state index in [9.17, 15) is 23.1 Å². The summed E-state index contributed by atoms with van der Waals surface area (Å²) in [5, 5.41) is 10.00. The van der Waals surface area contributed by atoms with Gasteiger partial charge in [-0.3, -0.25) is 4.79 Å². The van der Waals surface area contributed by atoms with E-state index in [-0.39, 0.29) is 17.6 Å². The molecule has 2 atom stereocenters. The highest BCUT2D eigenvalue weighted by atomic mass is 32.2. The first kappa shape index (κ1) is 24.8. The second kappa shape index (κ2) is 10.2. The number of nitrogens with one attached hydrogen (secondary N) is 1. The predicted molar refractivity (Wildman–Crippen MR) is 130 cm³/mol. The van der Waals surface area contributed by atoms with Gasteiger partial charge in [0.2, 0.25) is 0 Å². The van der Waals surface area contributed by atoms with Crippen LogP contribution in [0, 0.1) is 12.8 Å². The van der Waals surface area contributed by atoms with E-state index >= 15 is 0 Å². The van der Waals surface area contributed by atoms with Gasteiger partial charge < -0.3 is 14.7 Å². The number of carbonyl (C=O) groups is 1. The van der Waals surface area contributed by atoms with Crippen LogP contribution in [0.2, 0.25) is 0 Å². The lowest BCUT2D eigenvalue weighted by Gasteiger charge is -2.37. The number of aliphatic carboxylic acids is 1. The molecule has 1 fully saturated rings. The molecule has 3 heterocycles. The monoisotopic (exact) mass is 502 g/mol. The van der Waals surface area contributed by atoms with Crippen molar-refractivity contribution in [3.63, 3.8) is 0 Å². The van der Waals surface area contributed by atoms with Crippen LogP contribution in [0.3, 0.4) is 0 Å². The third-order valence-electron chi connectivity index (χ3n) is 6.10. The fourth-order valence-corrected chi connectivity index (χ4v) is 4.75. The molecule has 0 radical (unpaired) electrons. The summed E-state index contributed by atoms with van der Waals surface area (Å²) in [4.78, 5) is 22.4. The maximum absolute atomic E-state index is 13.7. The van der Waals surface area contributed by atoms with Crippen molar-refractivity contribution in [1.82, 2.24) is 9.97 Å². The summed E-state index contributed by atoms with van der Waals surface area (Å²) in [5.41, 5.74) is 0.181. The minimum absolute atomic E-state index is 0.134. The normalized spacial score (nSPS) is 18.4. The number of rotatable bonds is 6. The van der Waals surface area contributed by atoms with Crippen molar-refractivity contribution in [1.29, 1.82) is 0 Å². The Balaban J connectivity index is 1.56. The summed E-state index contributed by atoms with van der Waals surface area (Å²) in [6, 6.07) is 14.7. The molecule has 10 heteroatoms. The van der Waals surface area contributed by atoms with Crippen LogP contribution in [0.1, 0.15) is 30.9 Å². The van der Waals surface area contributed by atoms with Crippen LogP contribution in [-0.2, 0) is 11.0 Å². The molecule has 1 aliphatic heterocycles. The van der Waals surface area contributed by atoms with Crippen LogP contribution in [-0.4, -0.2) is 33.6 Å². The number of piperidine rings is 1. The Labute approximate surface area is 205 Å². The predicted octanol–water partition coefficient (Wildman–Crippen LogP) is 6.28. The van der Waals surface area contributed by atoms with Crippen LogP contribution in [0.25, 0.3) is 11.3 Å². The molecule has 3 aromatic rings. The Morgan fingerprint density at radius 3 is 2.57 bits per heavy atom. The molecule has 0 amide bonds. The van der Waals surface area contributed by atoms with E-state index in [1.807, 2.05) is 24.0 Å². The molecule has 2 N–H and O–H groups in total. The number of aromatic nitrogens is 2. The lowest BCUT2D eigenvalue weighted by molar-refractivity contribution is -0.142. The van der Waals surface area contributed by atoms with Crippen LogP contribution >= 0.6 is 11.9 Å². The topological polar surface area (TPSA) is 78.4 Å². The summed E-state index contributed by atoms with van der Waals surface area (Å²) in [6.07, 6.45) is -3.15. The van der Waals surface area contributed by atoms with E-state index in [1.165, 1.54) is 6.07 Å². The van der Waals surface area contributed by atoms with Crippen molar-refractivity contribution in [2.75, 3.05) is 16.2 Å². The largest absolute Gasteiger partial charge is 0.481 e. The standard InChI is InChI=1S/C25H25F3N4O2S/c1-15-6-3-4-7-18(15)23-19(25(26,27)28)12-13-20(29-23)31-35-22-9-5-8-21(30-22)32-14-17(24(33)34)11-10-16(32)2/h3-9,12-13,16-17H,10-11,14H2,1-2H3,(H,29,31)(H,33,34)/t16-,17+/m0/s1. The molecule has 0 spiro atoms. The number of hydrogen-bond donors (Lipinski definition) is 2. The number of pyridine rings is 2. The minimum atomic E-state index is -4.54. The van der Waals surface area contributed by atoms with Crippen LogP contribution in [0.5, 0.6) is 0 Å². The van der Waals surface area contributed by atoms with Crippen molar-refractivity contribution >= 4 is 29.6 Å². The maximum atomic E-state index is 13.7. The van der Waals surface area contributed by atoms with Crippen molar-refractivity contribution in [2.24, 2.45) is 5.92 Å². The summed E-state index contributed by atoms with van der Waals surface area (Å²) in [5.74, 6) is -0.326. The molecule has 2 aromatic heterocycles. The number of aryl methyl sites for hydroxylation is 1. The first-order valence-electron chi connectivity index (χ1n) is 11.2. The van der Waals surface area contributed by atoms with E-state index in [2.05, 4.69) is 14.7 Å². The van der Waals surface area contributed by atoms with E-state index in [0.717, 1.165) is 24.4 Å². The van der Waals surface area contributed by atoms with Gasteiger partial charge in [0.1, 0.15) is 16.7 Å². The summed E-state index contributed by atoms with van der Waals surface area (Å²) in [7, 11) is 0. The van der Waals surface area contributed by atoms with Gasteiger partial charge in [-0.25, -0.2) is 9.97 Å². The lowest BCUT2D eigenvalue weighted by atomic mass is 9.93. The smallest absolute Gasteiger partial charge is 0.418 e. The molecular weight excluding hydrogens is 477 g/mol. The molecule has 35 heavy (non-hydrogen) atoms. The zero-order valence-corrected chi connectivity index (χ0v) is 20.0. The number of benzene rings is 1. The highest BCUT2D eigenvalue weighted by Gasteiger charge is 2.35. The van der Waals surface area contributed by atoms with Crippen molar-refractivity contribution in [3.8, 4) is 11.3 Å². The van der Waals surface area contributed by atoms with Gasteiger partial charge in [-0.15, -0.1) is 0 Å². The average Bonchev–Trinajstić information content (AvgIpc) is 2.82. The molecule has 0 unspecified atom stereocenters. The van der Waals surface area contributed by atoms with Gasteiger partial charge in [-0.2, -0.15) is 13.2 Å². The molecule has 1 saturated heterocycles. The zero-order valence-electron chi connectivity index (χ0n) is 19.2. The number of halogens is 3. The summed E-state index contributed by atoms with van der Waals surface area (Å²) < 4.78 is 44.0. The summed E-state index contributed by atoms with van der Waals surface area (Å²) >= 11 is 1.13. The van der Waals surface area contributed by atoms with E-state index in [4.69, 9.17) is 0 Å². The zero-order chi connectivity index (χ0) is 25.2. The molecule has 0 saturated carbocycles. The SMILES string of the molecule is Cc1ccccc1-c1nc(NSc2cccc(N3C[C@H](C(=O)O)CC[C@@H]3C)n2)ccc1C(F)(F)F. The third kappa shape index (κ3) is 5.70. The minimum Gasteiger partial charge on any atom is -0.481 e. The fourth-order valence-electron chi connectivity index (χ4n) is 4.14. The van der Waals surface area contributed by atoms with Crippen molar-refractivity contribution < 1.29 is 23.1 Å². The molecule has 4 rings (SSSR count). The van der Waals surface area contributed by atoms with Crippen molar-refractivity contribution in [3.05, 3.63) is 65.7 Å². The number of carboxylic acid groups (broad SMARTS) is 1. The lowest BCUT2D eigenvalue weighted by Crippen LogP contribution is -2.44. The van der Waals surface area contributed by atoms with E-state index in [1.54, 1.807) is 37.3 Å². The molecule has 0 aliphatic carbocycles. The highest BCUT2D eigenvalue weighted by molar-refractivity contribution is 8.00. The molecule has 1 aromatic carbocycles. The van der Waals surface area contributed by atoms with Gasteiger partial charge in [0.25, 0.3) is 0 Å². The van der Waals surface area contributed by atoms with Crippen LogP contribution in [0.15, 0.2) is 59.6 Å². The Morgan fingerprint density at radius 1 is 1.09 bits per heavy atom. The Morgan fingerprint density at radius 2 is 1.86 bits per heavy atom. The number of alkyl halides is 3. The molecule has 6 nitrogen and oxygen atoms in total. The number of hydrogen-bond acceptors (Lipinski definition) is 6. The van der Waals surface area contributed by atoms with Gasteiger partial charge >= 0.3 is 12.1 Å². The summed E-state index contributed by atoms with van der Waals surface area (Å²) in [6.45, 7) is 4.17. The second-order valence-corrected chi connectivity index (χ2v) is 9.38. The number of nitrogens with zero attached hydrogens (tertiary/aromatic N) is 3. The van der Waals surface area contributed by atoms with Crippen LogP contribution < -0.4 is 9.62 Å². The second-order valence-electron chi connectivity index (χ2n) is 8.56. The molecule has 184 valence electrons. The van der Waals surface area contributed by atoms with Gasteiger partial charge in [0, 0.05) is 30.1 Å². The average molecular weight is 503 g/mol.